The van der Waals surface area contributed by atoms with Crippen LogP contribution in [0.5, 0.6) is 0 Å². The van der Waals surface area contributed by atoms with Crippen molar-refractivity contribution in [3.8, 4) is 0 Å². The summed E-state index contributed by atoms with van der Waals surface area (Å²) >= 11 is 1.70. The fourth-order valence-corrected chi connectivity index (χ4v) is 2.66. The molecule has 0 unspecified atom stereocenters. The maximum absolute atomic E-state index is 12.2. The zero-order valence-corrected chi connectivity index (χ0v) is 12.0. The lowest BCUT2D eigenvalue weighted by molar-refractivity contribution is -0.132. The lowest BCUT2D eigenvalue weighted by atomic mass is 10.2. The highest BCUT2D eigenvalue weighted by atomic mass is 32.1. The van der Waals surface area contributed by atoms with Crippen molar-refractivity contribution in [1.29, 1.82) is 0 Å². The van der Waals surface area contributed by atoms with Crippen LogP contribution in [0.3, 0.4) is 0 Å². The van der Waals surface area contributed by atoms with Gasteiger partial charge >= 0.3 is 0 Å². The first kappa shape index (κ1) is 13.6. The van der Waals surface area contributed by atoms with Gasteiger partial charge in [0, 0.05) is 31.6 Å². The van der Waals surface area contributed by atoms with Gasteiger partial charge in [0.2, 0.25) is 5.91 Å². The molecule has 0 saturated heterocycles. The number of amides is 1. The Bertz CT molecular complexity index is 371. The fraction of sp³-hybridized carbons (Fsp3) is 0.643. The highest BCUT2D eigenvalue weighted by Crippen LogP contribution is 2.29. The molecule has 1 N–H and O–H groups in total. The maximum Gasteiger partial charge on any atom is 0.224 e. The Labute approximate surface area is 113 Å². The van der Waals surface area contributed by atoms with E-state index >= 15 is 0 Å². The number of nitrogens with zero attached hydrogens (tertiary/aromatic N) is 1. The summed E-state index contributed by atoms with van der Waals surface area (Å²) in [6.45, 7) is 5.78. The number of rotatable bonds is 7. The maximum atomic E-state index is 12.2. The van der Waals surface area contributed by atoms with Gasteiger partial charge in [-0.15, -0.1) is 0 Å². The van der Waals surface area contributed by atoms with Crippen molar-refractivity contribution in [2.45, 2.75) is 51.7 Å². The molecule has 0 bridgehead atoms. The molecule has 0 aliphatic heterocycles. The van der Waals surface area contributed by atoms with Crippen molar-refractivity contribution >= 4 is 17.2 Å². The van der Waals surface area contributed by atoms with E-state index in [9.17, 15) is 4.79 Å². The van der Waals surface area contributed by atoms with Gasteiger partial charge in [0.1, 0.15) is 0 Å². The Hall–Kier alpha value is -0.870. The molecule has 1 aromatic heterocycles. The molecule has 1 amide bonds. The number of nitrogens with one attached hydrogen (secondary N) is 1. The molecule has 100 valence electrons. The fourth-order valence-electron chi connectivity index (χ4n) is 2.00. The van der Waals surface area contributed by atoms with E-state index in [0.717, 1.165) is 13.1 Å². The Morgan fingerprint density at radius 2 is 2.33 bits per heavy atom. The summed E-state index contributed by atoms with van der Waals surface area (Å²) in [5.74, 6) is 0.289. The van der Waals surface area contributed by atoms with E-state index in [0.29, 0.717) is 18.5 Å². The Morgan fingerprint density at radius 1 is 1.56 bits per heavy atom. The number of hydrogen-bond acceptors (Lipinski definition) is 3. The van der Waals surface area contributed by atoms with E-state index in [1.54, 1.807) is 11.3 Å². The van der Waals surface area contributed by atoms with Gasteiger partial charge < -0.3 is 10.2 Å². The van der Waals surface area contributed by atoms with Crippen LogP contribution in [0.1, 0.15) is 38.7 Å². The minimum absolute atomic E-state index is 0.289. The van der Waals surface area contributed by atoms with E-state index in [1.165, 1.54) is 18.4 Å². The van der Waals surface area contributed by atoms with Gasteiger partial charge in [0.25, 0.3) is 0 Å². The summed E-state index contributed by atoms with van der Waals surface area (Å²) in [5.41, 5.74) is 1.26. The van der Waals surface area contributed by atoms with Crippen molar-refractivity contribution in [3.05, 3.63) is 22.4 Å². The monoisotopic (exact) mass is 266 g/mol. The molecule has 2 rings (SSSR count). The van der Waals surface area contributed by atoms with Crippen LogP contribution in [0.4, 0.5) is 0 Å². The molecular weight excluding hydrogens is 244 g/mol. The first-order valence-corrected chi connectivity index (χ1v) is 7.65. The molecule has 1 aromatic rings. The van der Waals surface area contributed by atoms with Crippen molar-refractivity contribution in [3.63, 3.8) is 0 Å². The van der Waals surface area contributed by atoms with E-state index in [1.807, 2.05) is 0 Å². The Balaban J connectivity index is 1.83. The molecule has 0 aromatic carbocycles. The number of thiophene rings is 1. The zero-order valence-electron chi connectivity index (χ0n) is 11.2. The van der Waals surface area contributed by atoms with Crippen LogP contribution in [0.2, 0.25) is 0 Å². The zero-order chi connectivity index (χ0) is 13.0. The van der Waals surface area contributed by atoms with Gasteiger partial charge in [-0.1, -0.05) is 13.8 Å². The number of hydrogen-bond donors (Lipinski definition) is 1. The minimum atomic E-state index is 0.289. The average Bonchev–Trinajstić information content (AvgIpc) is 3.02. The normalized spacial score (nSPS) is 15.1. The van der Waals surface area contributed by atoms with Crippen LogP contribution in [0.25, 0.3) is 0 Å². The predicted molar refractivity (Wildman–Crippen MR) is 75.6 cm³/mol. The lowest BCUT2D eigenvalue weighted by Gasteiger charge is -2.22. The molecule has 0 atom stereocenters. The van der Waals surface area contributed by atoms with E-state index in [4.69, 9.17) is 0 Å². The van der Waals surface area contributed by atoms with Gasteiger partial charge in [-0.3, -0.25) is 4.79 Å². The van der Waals surface area contributed by atoms with Crippen LogP contribution < -0.4 is 5.32 Å². The molecule has 0 spiro atoms. The van der Waals surface area contributed by atoms with Crippen LogP contribution in [0.15, 0.2) is 16.8 Å². The molecule has 1 fully saturated rings. The number of carbonyl (C=O) groups is 1. The van der Waals surface area contributed by atoms with Crippen molar-refractivity contribution < 1.29 is 4.79 Å². The topological polar surface area (TPSA) is 32.3 Å². The first-order chi connectivity index (χ1) is 8.66. The molecule has 3 nitrogen and oxygen atoms in total. The van der Waals surface area contributed by atoms with Crippen LogP contribution in [-0.2, 0) is 11.3 Å². The number of carbonyl (C=O) groups excluding carboxylic acids is 1. The largest absolute Gasteiger partial charge is 0.335 e. The summed E-state index contributed by atoms with van der Waals surface area (Å²) in [6.07, 6.45) is 2.96. The molecule has 0 radical (unpaired) electrons. The average molecular weight is 266 g/mol. The third-order valence-corrected chi connectivity index (χ3v) is 3.86. The summed E-state index contributed by atoms with van der Waals surface area (Å²) in [7, 11) is 0. The standard InChI is InChI=1S/C14H22N2OS/c1-11(2)15-7-5-14(17)16(13-3-4-13)9-12-6-8-18-10-12/h6,8,10-11,13,15H,3-5,7,9H2,1-2H3. The van der Waals surface area contributed by atoms with Crippen molar-refractivity contribution in [1.82, 2.24) is 10.2 Å². The molecular formula is C14H22N2OS. The van der Waals surface area contributed by atoms with Crippen LogP contribution in [0, 0.1) is 0 Å². The first-order valence-electron chi connectivity index (χ1n) is 6.70. The van der Waals surface area contributed by atoms with Crippen LogP contribution >= 0.6 is 11.3 Å². The summed E-state index contributed by atoms with van der Waals surface area (Å²) < 4.78 is 0. The molecule has 1 heterocycles. The van der Waals surface area contributed by atoms with E-state index in [2.05, 4.69) is 40.9 Å². The third-order valence-electron chi connectivity index (χ3n) is 3.13. The minimum Gasteiger partial charge on any atom is -0.335 e. The Kier molecular flexibility index (Phi) is 4.78. The SMILES string of the molecule is CC(C)NCCC(=O)N(Cc1ccsc1)C1CC1. The van der Waals surface area contributed by atoms with Crippen molar-refractivity contribution in [2.24, 2.45) is 0 Å². The Morgan fingerprint density at radius 3 is 2.89 bits per heavy atom. The highest BCUT2D eigenvalue weighted by molar-refractivity contribution is 7.07. The van der Waals surface area contributed by atoms with Gasteiger partial charge in [0.05, 0.1) is 0 Å². The lowest BCUT2D eigenvalue weighted by Crippen LogP contribution is -2.35. The second kappa shape index (κ2) is 6.34. The molecule has 4 heteroatoms. The predicted octanol–water partition coefficient (Wildman–Crippen LogP) is 2.63. The van der Waals surface area contributed by atoms with Gasteiger partial charge in [-0.25, -0.2) is 0 Å². The van der Waals surface area contributed by atoms with E-state index in [-0.39, 0.29) is 5.91 Å². The van der Waals surface area contributed by atoms with Gasteiger partial charge in [0.15, 0.2) is 0 Å². The molecule has 18 heavy (non-hydrogen) atoms. The summed E-state index contributed by atoms with van der Waals surface area (Å²) in [4.78, 5) is 14.3. The second-order valence-corrected chi connectivity index (χ2v) is 6.02. The van der Waals surface area contributed by atoms with Crippen LogP contribution in [-0.4, -0.2) is 29.4 Å². The second-order valence-electron chi connectivity index (χ2n) is 5.24. The molecule has 1 saturated carbocycles. The van der Waals surface area contributed by atoms with Gasteiger partial charge in [-0.2, -0.15) is 11.3 Å². The smallest absolute Gasteiger partial charge is 0.224 e. The highest BCUT2D eigenvalue weighted by Gasteiger charge is 2.32. The van der Waals surface area contributed by atoms with Crippen molar-refractivity contribution in [2.75, 3.05) is 6.54 Å². The third kappa shape index (κ3) is 4.10. The van der Waals surface area contributed by atoms with Gasteiger partial charge in [-0.05, 0) is 35.2 Å². The summed E-state index contributed by atoms with van der Waals surface area (Å²) in [5, 5.41) is 7.51. The summed E-state index contributed by atoms with van der Waals surface area (Å²) in [6, 6.07) is 3.06. The molecule has 1 aliphatic rings. The quantitative estimate of drug-likeness (QED) is 0.823. The molecule has 1 aliphatic carbocycles. The van der Waals surface area contributed by atoms with E-state index < -0.39 is 0 Å².